The molecule has 2 atom stereocenters. The molecule has 0 amide bonds. The number of nitrogens with one attached hydrogen (secondary N) is 1. The number of aliphatic hydroxyl groups excluding tert-OH is 1. The van der Waals surface area contributed by atoms with Gasteiger partial charge in [-0.15, -0.1) is 0 Å². The summed E-state index contributed by atoms with van der Waals surface area (Å²) in [6.07, 6.45) is 1.50. The first-order chi connectivity index (χ1) is 8.58. The first kappa shape index (κ1) is 15.0. The lowest BCUT2D eigenvalue weighted by Gasteiger charge is -2.22. The third-order valence-corrected chi connectivity index (χ3v) is 2.86. The average molecular weight is 258 g/mol. The zero-order chi connectivity index (χ0) is 13.5. The maximum absolute atomic E-state index is 13.1. The Morgan fingerprint density at radius 1 is 1.33 bits per heavy atom. The number of halogens is 2. The van der Waals surface area contributed by atoms with Crippen LogP contribution in [0.4, 0.5) is 8.78 Å². The monoisotopic (exact) mass is 258 g/mol. The van der Waals surface area contributed by atoms with Crippen LogP contribution in [0.3, 0.4) is 0 Å². The fourth-order valence-corrected chi connectivity index (χ4v) is 1.85. The fourth-order valence-electron chi connectivity index (χ4n) is 1.85. The van der Waals surface area contributed by atoms with Crippen LogP contribution in [0.1, 0.15) is 31.4 Å². The van der Waals surface area contributed by atoms with E-state index in [4.69, 9.17) is 10.8 Å². The van der Waals surface area contributed by atoms with Gasteiger partial charge in [0.15, 0.2) is 11.6 Å². The second-order valence-electron chi connectivity index (χ2n) is 4.40. The molecule has 4 N–H and O–H groups in total. The van der Waals surface area contributed by atoms with Gasteiger partial charge in [-0.25, -0.2) is 8.78 Å². The minimum absolute atomic E-state index is 0.143. The van der Waals surface area contributed by atoms with Crippen molar-refractivity contribution < 1.29 is 13.9 Å². The minimum Gasteiger partial charge on any atom is -0.396 e. The largest absolute Gasteiger partial charge is 0.396 e. The van der Waals surface area contributed by atoms with Crippen molar-refractivity contribution in [2.45, 2.75) is 31.8 Å². The lowest BCUT2D eigenvalue weighted by molar-refractivity contribution is 0.274. The molecule has 1 aromatic carbocycles. The molecule has 1 aromatic rings. The van der Waals surface area contributed by atoms with Crippen LogP contribution in [0.15, 0.2) is 18.2 Å². The van der Waals surface area contributed by atoms with E-state index in [9.17, 15) is 8.78 Å². The van der Waals surface area contributed by atoms with Gasteiger partial charge in [-0.2, -0.15) is 0 Å². The van der Waals surface area contributed by atoms with Crippen molar-refractivity contribution in [3.63, 3.8) is 0 Å². The molecule has 18 heavy (non-hydrogen) atoms. The highest BCUT2D eigenvalue weighted by molar-refractivity contribution is 5.21. The van der Waals surface area contributed by atoms with Gasteiger partial charge in [0.2, 0.25) is 0 Å². The van der Waals surface area contributed by atoms with Gasteiger partial charge in [0.25, 0.3) is 0 Å². The number of nitrogens with two attached hydrogens (primary N) is 1. The highest BCUT2D eigenvalue weighted by Crippen LogP contribution is 2.16. The molecule has 0 saturated heterocycles. The van der Waals surface area contributed by atoms with Crippen LogP contribution in [-0.4, -0.2) is 24.3 Å². The summed E-state index contributed by atoms with van der Waals surface area (Å²) in [5, 5.41) is 12.0. The summed E-state index contributed by atoms with van der Waals surface area (Å²) in [5.41, 5.74) is 6.27. The zero-order valence-electron chi connectivity index (χ0n) is 10.5. The van der Waals surface area contributed by atoms with Crippen molar-refractivity contribution in [3.05, 3.63) is 35.4 Å². The van der Waals surface area contributed by atoms with Crippen LogP contribution in [0.5, 0.6) is 0 Å². The van der Waals surface area contributed by atoms with Crippen molar-refractivity contribution in [3.8, 4) is 0 Å². The molecule has 102 valence electrons. The van der Waals surface area contributed by atoms with Gasteiger partial charge in [-0.05, 0) is 37.5 Å². The van der Waals surface area contributed by atoms with Gasteiger partial charge in [0.1, 0.15) is 0 Å². The topological polar surface area (TPSA) is 58.3 Å². The fraction of sp³-hybridized carbons (Fsp3) is 0.538. The first-order valence-corrected chi connectivity index (χ1v) is 6.10. The molecular weight excluding hydrogens is 238 g/mol. The van der Waals surface area contributed by atoms with Gasteiger partial charge >= 0.3 is 0 Å². The molecule has 0 heterocycles. The summed E-state index contributed by atoms with van der Waals surface area (Å²) < 4.78 is 26.0. The molecule has 0 radical (unpaired) electrons. The van der Waals surface area contributed by atoms with Crippen LogP contribution in [0.2, 0.25) is 0 Å². The van der Waals surface area contributed by atoms with E-state index < -0.39 is 11.6 Å². The van der Waals surface area contributed by atoms with Gasteiger partial charge in [0, 0.05) is 25.2 Å². The smallest absolute Gasteiger partial charge is 0.159 e. The third kappa shape index (κ3) is 4.33. The standard InChI is InChI=1S/C13H20F2N2O/c1-9(3-2-6-18)17-13(8-16)10-4-5-11(14)12(15)7-10/h4-5,7,9,13,17-18H,2-3,6,8,16H2,1H3. The summed E-state index contributed by atoms with van der Waals surface area (Å²) in [7, 11) is 0. The number of hydrogen-bond donors (Lipinski definition) is 3. The molecule has 2 unspecified atom stereocenters. The maximum Gasteiger partial charge on any atom is 0.159 e. The van der Waals surface area contributed by atoms with E-state index in [2.05, 4.69) is 5.32 Å². The summed E-state index contributed by atoms with van der Waals surface area (Å²) in [4.78, 5) is 0. The van der Waals surface area contributed by atoms with Gasteiger partial charge in [-0.1, -0.05) is 6.07 Å². The van der Waals surface area contributed by atoms with E-state index >= 15 is 0 Å². The number of benzene rings is 1. The quantitative estimate of drug-likeness (QED) is 0.698. The van der Waals surface area contributed by atoms with Crippen LogP contribution in [0, 0.1) is 11.6 Å². The normalized spacial score (nSPS) is 14.5. The summed E-state index contributed by atoms with van der Waals surface area (Å²) in [6, 6.07) is 3.74. The van der Waals surface area contributed by atoms with E-state index in [1.165, 1.54) is 12.1 Å². The Labute approximate surface area is 106 Å². The van der Waals surface area contributed by atoms with Crippen molar-refractivity contribution in [1.82, 2.24) is 5.32 Å². The van der Waals surface area contributed by atoms with E-state index in [-0.39, 0.29) is 18.7 Å². The van der Waals surface area contributed by atoms with Crippen molar-refractivity contribution in [2.24, 2.45) is 5.73 Å². The Morgan fingerprint density at radius 3 is 2.61 bits per heavy atom. The molecule has 0 aliphatic heterocycles. The van der Waals surface area contributed by atoms with E-state index in [0.29, 0.717) is 18.5 Å². The predicted molar refractivity (Wildman–Crippen MR) is 67.1 cm³/mol. The van der Waals surface area contributed by atoms with Crippen LogP contribution >= 0.6 is 0 Å². The van der Waals surface area contributed by atoms with Crippen LogP contribution in [0.25, 0.3) is 0 Å². The third-order valence-electron chi connectivity index (χ3n) is 2.86. The lowest BCUT2D eigenvalue weighted by Crippen LogP contribution is -2.35. The second-order valence-corrected chi connectivity index (χ2v) is 4.40. The highest BCUT2D eigenvalue weighted by atomic mass is 19.2. The van der Waals surface area contributed by atoms with Gasteiger partial charge < -0.3 is 16.2 Å². The number of aliphatic hydroxyl groups is 1. The molecule has 5 heteroatoms. The molecule has 0 fully saturated rings. The SMILES string of the molecule is CC(CCCO)NC(CN)c1ccc(F)c(F)c1. The molecule has 0 saturated carbocycles. The van der Waals surface area contributed by atoms with E-state index in [1.807, 2.05) is 6.92 Å². The average Bonchev–Trinajstić information content (AvgIpc) is 2.37. The predicted octanol–water partition coefficient (Wildman–Crippen LogP) is 1.72. The number of hydrogen-bond acceptors (Lipinski definition) is 3. The molecule has 3 nitrogen and oxygen atoms in total. The maximum atomic E-state index is 13.1. The Bertz CT molecular complexity index is 374. The molecule has 1 rings (SSSR count). The molecular formula is C13H20F2N2O. The molecule has 0 aliphatic rings. The van der Waals surface area contributed by atoms with Gasteiger partial charge in [0.05, 0.1) is 0 Å². The Morgan fingerprint density at radius 2 is 2.06 bits per heavy atom. The first-order valence-electron chi connectivity index (χ1n) is 6.10. The molecule has 0 aromatic heterocycles. The second kappa shape index (κ2) is 7.41. The summed E-state index contributed by atoms with van der Waals surface area (Å²) in [6.45, 7) is 2.41. The van der Waals surface area contributed by atoms with E-state index in [1.54, 1.807) is 0 Å². The van der Waals surface area contributed by atoms with Gasteiger partial charge in [-0.3, -0.25) is 0 Å². The Hall–Kier alpha value is -1.04. The Kier molecular flexibility index (Phi) is 6.18. The minimum atomic E-state index is -0.865. The zero-order valence-corrected chi connectivity index (χ0v) is 10.5. The summed E-state index contributed by atoms with van der Waals surface area (Å²) in [5.74, 6) is -1.72. The van der Waals surface area contributed by atoms with Crippen molar-refractivity contribution >= 4 is 0 Å². The van der Waals surface area contributed by atoms with Crippen LogP contribution in [-0.2, 0) is 0 Å². The molecule has 0 aliphatic carbocycles. The molecule has 0 spiro atoms. The van der Waals surface area contributed by atoms with E-state index in [0.717, 1.165) is 12.5 Å². The number of rotatable bonds is 7. The van der Waals surface area contributed by atoms with Crippen LogP contribution < -0.4 is 11.1 Å². The van der Waals surface area contributed by atoms with Crippen molar-refractivity contribution in [2.75, 3.05) is 13.2 Å². The summed E-state index contributed by atoms with van der Waals surface area (Å²) >= 11 is 0. The van der Waals surface area contributed by atoms with Crippen molar-refractivity contribution in [1.29, 1.82) is 0 Å². The lowest BCUT2D eigenvalue weighted by atomic mass is 10.0. The molecule has 0 bridgehead atoms. The highest BCUT2D eigenvalue weighted by Gasteiger charge is 2.14. The Balaban J connectivity index is 2.67.